The third-order valence-corrected chi connectivity index (χ3v) is 4.27. The lowest BCUT2D eigenvalue weighted by molar-refractivity contribution is 0.0951. The summed E-state index contributed by atoms with van der Waals surface area (Å²) in [6.45, 7) is 8.01. The van der Waals surface area contributed by atoms with Crippen LogP contribution in [0.3, 0.4) is 0 Å². The fraction of sp³-hybridized carbons (Fsp3) is 0.471. The number of rotatable bonds is 6. The first kappa shape index (κ1) is 16.6. The number of carbonyl (C=O) groups excluding carboxylic acids is 1. The number of aryl methyl sites for hydroxylation is 1. The fourth-order valence-electron chi connectivity index (χ4n) is 2.93. The summed E-state index contributed by atoms with van der Waals surface area (Å²) in [5, 5.41) is 10.5. The summed E-state index contributed by atoms with van der Waals surface area (Å²) in [5.74, 6) is -0.0245. The molecule has 2 N–H and O–H groups in total. The third kappa shape index (κ3) is 4.18. The van der Waals surface area contributed by atoms with Gasteiger partial charge in [-0.2, -0.15) is 5.10 Å². The maximum Gasteiger partial charge on any atom is 0.251 e. The number of hydrogen-bond acceptors (Lipinski definition) is 5. The van der Waals surface area contributed by atoms with Gasteiger partial charge in [0.1, 0.15) is 12.7 Å². The van der Waals surface area contributed by atoms with Gasteiger partial charge in [0.05, 0.1) is 5.69 Å². The van der Waals surface area contributed by atoms with Crippen LogP contribution in [0.4, 0.5) is 0 Å². The first-order valence-electron chi connectivity index (χ1n) is 8.41. The molecule has 0 atom stereocenters. The number of amides is 1. The van der Waals surface area contributed by atoms with Gasteiger partial charge in [-0.15, -0.1) is 0 Å². The molecule has 1 aliphatic rings. The number of nitrogens with one attached hydrogen (secondary N) is 2. The van der Waals surface area contributed by atoms with Gasteiger partial charge in [-0.25, -0.2) is 9.67 Å². The molecule has 1 fully saturated rings. The maximum absolute atomic E-state index is 12.3. The molecular formula is C17H24N6O. The Morgan fingerprint density at radius 2 is 2.17 bits per heavy atom. The highest BCUT2D eigenvalue weighted by atomic mass is 16.1. The van der Waals surface area contributed by atoms with E-state index >= 15 is 0 Å². The number of aromatic nitrogens is 3. The van der Waals surface area contributed by atoms with Gasteiger partial charge in [-0.3, -0.25) is 4.79 Å². The van der Waals surface area contributed by atoms with Crippen LogP contribution in [-0.4, -0.2) is 64.8 Å². The molecule has 2 aromatic rings. The predicted molar refractivity (Wildman–Crippen MR) is 92.4 cm³/mol. The second-order valence-electron chi connectivity index (χ2n) is 6.04. The zero-order valence-electron chi connectivity index (χ0n) is 14.0. The van der Waals surface area contributed by atoms with E-state index in [4.69, 9.17) is 0 Å². The van der Waals surface area contributed by atoms with Crippen molar-refractivity contribution in [2.45, 2.75) is 13.3 Å². The van der Waals surface area contributed by atoms with Crippen molar-refractivity contribution in [3.63, 3.8) is 0 Å². The maximum atomic E-state index is 12.3. The quantitative estimate of drug-likeness (QED) is 0.760. The first-order valence-corrected chi connectivity index (χ1v) is 8.41. The molecular weight excluding hydrogens is 304 g/mol. The summed E-state index contributed by atoms with van der Waals surface area (Å²) in [4.78, 5) is 18.7. The van der Waals surface area contributed by atoms with Crippen LogP contribution < -0.4 is 10.6 Å². The first-order chi connectivity index (χ1) is 11.7. The highest BCUT2D eigenvalue weighted by molar-refractivity contribution is 5.94. The molecule has 128 valence electrons. The van der Waals surface area contributed by atoms with Gasteiger partial charge >= 0.3 is 0 Å². The van der Waals surface area contributed by atoms with Crippen molar-refractivity contribution in [2.24, 2.45) is 0 Å². The molecule has 24 heavy (non-hydrogen) atoms. The zero-order chi connectivity index (χ0) is 16.8. The average molecular weight is 328 g/mol. The molecule has 1 saturated heterocycles. The summed E-state index contributed by atoms with van der Waals surface area (Å²) in [6.07, 6.45) is 4.12. The van der Waals surface area contributed by atoms with E-state index in [-0.39, 0.29) is 5.91 Å². The molecule has 3 rings (SSSR count). The van der Waals surface area contributed by atoms with E-state index in [9.17, 15) is 4.79 Å². The van der Waals surface area contributed by atoms with Crippen LogP contribution >= 0.6 is 0 Å². The topological polar surface area (TPSA) is 75.1 Å². The molecule has 1 amide bonds. The van der Waals surface area contributed by atoms with Crippen LogP contribution in [-0.2, 0) is 0 Å². The van der Waals surface area contributed by atoms with Crippen LogP contribution in [0.5, 0.6) is 0 Å². The Bertz CT molecular complexity index is 664. The van der Waals surface area contributed by atoms with E-state index in [1.807, 2.05) is 25.1 Å². The van der Waals surface area contributed by atoms with Gasteiger partial charge < -0.3 is 15.5 Å². The molecule has 1 aromatic carbocycles. The van der Waals surface area contributed by atoms with Gasteiger partial charge in [0.25, 0.3) is 5.91 Å². The largest absolute Gasteiger partial charge is 0.352 e. The van der Waals surface area contributed by atoms with Crippen molar-refractivity contribution in [1.82, 2.24) is 30.3 Å². The molecule has 1 aromatic heterocycles. The highest BCUT2D eigenvalue weighted by Crippen LogP contribution is 2.14. The van der Waals surface area contributed by atoms with Crippen molar-refractivity contribution in [2.75, 3.05) is 39.3 Å². The normalized spacial score (nSPS) is 15.4. The van der Waals surface area contributed by atoms with Crippen molar-refractivity contribution in [1.29, 1.82) is 0 Å². The van der Waals surface area contributed by atoms with E-state index in [0.717, 1.165) is 50.4 Å². The van der Waals surface area contributed by atoms with Crippen molar-refractivity contribution in [3.05, 3.63) is 42.0 Å². The Labute approximate surface area is 142 Å². The molecule has 1 aliphatic heterocycles. The summed E-state index contributed by atoms with van der Waals surface area (Å²) in [7, 11) is 0. The van der Waals surface area contributed by atoms with Crippen LogP contribution in [0.2, 0.25) is 0 Å². The lowest BCUT2D eigenvalue weighted by Crippen LogP contribution is -2.44. The van der Waals surface area contributed by atoms with Crippen molar-refractivity contribution >= 4 is 5.91 Å². The standard InChI is InChI=1S/C17H24N6O/c1-14-11-15(3-4-16(14)23-13-19-12-21-23)17(24)20-5-2-8-22-9-6-18-7-10-22/h3-4,11-13,18H,2,5-10H2,1H3,(H,20,24). The zero-order valence-corrected chi connectivity index (χ0v) is 14.0. The van der Waals surface area contributed by atoms with E-state index in [1.54, 1.807) is 11.0 Å². The lowest BCUT2D eigenvalue weighted by Gasteiger charge is -2.27. The second kappa shape index (κ2) is 8.03. The molecule has 0 unspecified atom stereocenters. The average Bonchev–Trinajstić information content (AvgIpc) is 3.13. The van der Waals surface area contributed by atoms with E-state index in [1.165, 1.54) is 6.33 Å². The van der Waals surface area contributed by atoms with Crippen molar-refractivity contribution < 1.29 is 4.79 Å². The summed E-state index contributed by atoms with van der Waals surface area (Å²) >= 11 is 0. The third-order valence-electron chi connectivity index (χ3n) is 4.27. The van der Waals surface area contributed by atoms with Gasteiger partial charge in [-0.05, 0) is 43.7 Å². The van der Waals surface area contributed by atoms with Crippen LogP contribution in [0.25, 0.3) is 5.69 Å². The number of benzene rings is 1. The van der Waals surface area contributed by atoms with Crippen LogP contribution in [0.1, 0.15) is 22.3 Å². The van der Waals surface area contributed by atoms with Crippen LogP contribution in [0, 0.1) is 6.92 Å². The van der Waals surface area contributed by atoms with Gasteiger partial charge in [-0.1, -0.05) is 0 Å². The minimum atomic E-state index is -0.0245. The van der Waals surface area contributed by atoms with Gasteiger partial charge in [0.2, 0.25) is 0 Å². The smallest absolute Gasteiger partial charge is 0.251 e. The molecule has 7 heteroatoms. The minimum Gasteiger partial charge on any atom is -0.352 e. The molecule has 0 radical (unpaired) electrons. The second-order valence-corrected chi connectivity index (χ2v) is 6.04. The fourth-order valence-corrected chi connectivity index (χ4v) is 2.93. The van der Waals surface area contributed by atoms with Gasteiger partial charge in [0.15, 0.2) is 0 Å². The molecule has 2 heterocycles. The minimum absolute atomic E-state index is 0.0245. The Kier molecular flexibility index (Phi) is 5.55. The molecule has 7 nitrogen and oxygen atoms in total. The van der Waals surface area contributed by atoms with Crippen LogP contribution in [0.15, 0.2) is 30.9 Å². The predicted octanol–water partition coefficient (Wildman–Crippen LogP) is 0.601. The number of carbonyl (C=O) groups is 1. The summed E-state index contributed by atoms with van der Waals surface area (Å²) in [5.41, 5.74) is 2.61. The van der Waals surface area contributed by atoms with E-state index in [2.05, 4.69) is 25.6 Å². The monoisotopic (exact) mass is 328 g/mol. The Morgan fingerprint density at radius 1 is 1.33 bits per heavy atom. The lowest BCUT2D eigenvalue weighted by atomic mass is 10.1. The van der Waals surface area contributed by atoms with E-state index < -0.39 is 0 Å². The molecule has 0 spiro atoms. The SMILES string of the molecule is Cc1cc(C(=O)NCCCN2CCNCC2)ccc1-n1cncn1. The Balaban J connectivity index is 1.49. The Morgan fingerprint density at radius 3 is 2.88 bits per heavy atom. The Hall–Kier alpha value is -2.25. The number of nitrogens with zero attached hydrogens (tertiary/aromatic N) is 4. The molecule has 0 saturated carbocycles. The summed E-state index contributed by atoms with van der Waals surface area (Å²) < 4.78 is 1.70. The van der Waals surface area contributed by atoms with Gasteiger partial charge in [0, 0.05) is 38.3 Å². The molecule has 0 aliphatic carbocycles. The number of piperazine rings is 1. The summed E-state index contributed by atoms with van der Waals surface area (Å²) in [6, 6.07) is 5.62. The van der Waals surface area contributed by atoms with Crippen molar-refractivity contribution in [3.8, 4) is 5.69 Å². The molecule has 0 bridgehead atoms. The van der Waals surface area contributed by atoms with E-state index in [0.29, 0.717) is 12.1 Å². The highest BCUT2D eigenvalue weighted by Gasteiger charge is 2.11. The number of hydrogen-bond donors (Lipinski definition) is 2.